The molecule has 0 heterocycles. The molecule has 2 aromatic rings. The minimum atomic E-state index is -0.497. The van der Waals surface area contributed by atoms with Gasteiger partial charge in [0.1, 0.15) is 5.69 Å². The largest absolute Gasteiger partial charge is 0.375 e. The Morgan fingerprint density at radius 2 is 1.90 bits per heavy atom. The molecule has 1 amide bonds. The fourth-order valence-corrected chi connectivity index (χ4v) is 1.96. The molecule has 0 bridgehead atoms. The minimum Gasteiger partial charge on any atom is -0.375 e. The number of benzene rings is 2. The number of hydrogen-bond donors (Lipinski definition) is 2. The number of nitrogens with zero attached hydrogens (tertiary/aromatic N) is 1. The van der Waals surface area contributed by atoms with Gasteiger partial charge in [-0.1, -0.05) is 23.7 Å². The van der Waals surface area contributed by atoms with Gasteiger partial charge in [0.2, 0.25) is 5.91 Å². The van der Waals surface area contributed by atoms with E-state index in [2.05, 4.69) is 5.32 Å². The molecule has 0 aromatic heterocycles. The van der Waals surface area contributed by atoms with Crippen molar-refractivity contribution in [2.45, 2.75) is 6.54 Å². The van der Waals surface area contributed by atoms with Crippen LogP contribution in [0.1, 0.15) is 15.9 Å². The maximum atomic E-state index is 11.0. The Morgan fingerprint density at radius 1 is 1.24 bits per heavy atom. The lowest BCUT2D eigenvalue weighted by molar-refractivity contribution is -0.383. The quantitative estimate of drug-likeness (QED) is 0.655. The molecule has 0 radical (unpaired) electrons. The fourth-order valence-electron chi connectivity index (χ4n) is 1.79. The molecular weight excluding hydrogens is 294 g/mol. The van der Waals surface area contributed by atoms with Crippen molar-refractivity contribution in [2.24, 2.45) is 5.73 Å². The van der Waals surface area contributed by atoms with Crippen LogP contribution in [0.3, 0.4) is 0 Å². The number of amides is 1. The van der Waals surface area contributed by atoms with Crippen molar-refractivity contribution in [3.05, 3.63) is 68.7 Å². The number of halogens is 1. The van der Waals surface area contributed by atoms with Crippen LogP contribution < -0.4 is 11.1 Å². The highest BCUT2D eigenvalue weighted by molar-refractivity contribution is 6.30. The van der Waals surface area contributed by atoms with Gasteiger partial charge in [0.15, 0.2) is 0 Å². The van der Waals surface area contributed by atoms with Crippen molar-refractivity contribution in [2.75, 3.05) is 5.32 Å². The van der Waals surface area contributed by atoms with Crippen molar-refractivity contribution >= 4 is 28.9 Å². The molecule has 7 heteroatoms. The zero-order chi connectivity index (χ0) is 15.4. The first-order valence-electron chi connectivity index (χ1n) is 6.04. The van der Waals surface area contributed by atoms with E-state index >= 15 is 0 Å². The summed E-state index contributed by atoms with van der Waals surface area (Å²) in [5, 5.41) is 14.2. The molecule has 0 aliphatic heterocycles. The maximum absolute atomic E-state index is 11.0. The van der Waals surface area contributed by atoms with Crippen LogP contribution in [0, 0.1) is 10.1 Å². The molecule has 0 aliphatic rings. The lowest BCUT2D eigenvalue weighted by atomic mass is 10.1. The Morgan fingerprint density at radius 3 is 2.48 bits per heavy atom. The molecule has 3 N–H and O–H groups in total. The molecule has 0 saturated carbocycles. The molecule has 0 saturated heterocycles. The lowest BCUT2D eigenvalue weighted by Crippen LogP contribution is -2.10. The summed E-state index contributed by atoms with van der Waals surface area (Å²) in [6.07, 6.45) is 0. The van der Waals surface area contributed by atoms with E-state index in [0.717, 1.165) is 5.56 Å². The number of nitro groups is 1. The third kappa shape index (κ3) is 3.70. The molecule has 0 spiro atoms. The van der Waals surface area contributed by atoms with Crippen LogP contribution >= 0.6 is 11.6 Å². The van der Waals surface area contributed by atoms with Crippen molar-refractivity contribution in [1.29, 1.82) is 0 Å². The Bertz CT molecular complexity index is 686. The topological polar surface area (TPSA) is 98.3 Å². The molecule has 0 aliphatic carbocycles. The first kappa shape index (κ1) is 14.8. The van der Waals surface area contributed by atoms with Crippen molar-refractivity contribution in [1.82, 2.24) is 0 Å². The van der Waals surface area contributed by atoms with E-state index in [1.54, 1.807) is 36.4 Å². The van der Waals surface area contributed by atoms with Crippen LogP contribution in [0.4, 0.5) is 11.4 Å². The zero-order valence-electron chi connectivity index (χ0n) is 10.9. The van der Waals surface area contributed by atoms with Gasteiger partial charge < -0.3 is 11.1 Å². The molecular formula is C14H12ClN3O3. The predicted molar refractivity (Wildman–Crippen MR) is 80.4 cm³/mol. The van der Waals surface area contributed by atoms with E-state index < -0.39 is 10.8 Å². The van der Waals surface area contributed by atoms with Gasteiger partial charge in [-0.15, -0.1) is 0 Å². The Labute approximate surface area is 125 Å². The number of nitrogens with one attached hydrogen (secondary N) is 1. The smallest absolute Gasteiger partial charge is 0.293 e. The summed E-state index contributed by atoms with van der Waals surface area (Å²) in [6.45, 7) is 0.377. The lowest BCUT2D eigenvalue weighted by Gasteiger charge is -2.08. The monoisotopic (exact) mass is 305 g/mol. The van der Waals surface area contributed by atoms with Gasteiger partial charge in [-0.2, -0.15) is 0 Å². The summed E-state index contributed by atoms with van der Waals surface area (Å²) in [7, 11) is 0. The number of rotatable bonds is 5. The summed E-state index contributed by atoms with van der Waals surface area (Å²) >= 11 is 5.75. The number of hydrogen-bond acceptors (Lipinski definition) is 4. The van der Waals surface area contributed by atoms with Gasteiger partial charge in [0.25, 0.3) is 5.69 Å². The molecule has 21 heavy (non-hydrogen) atoms. The normalized spacial score (nSPS) is 10.1. The first-order valence-corrected chi connectivity index (χ1v) is 6.42. The van der Waals surface area contributed by atoms with Gasteiger partial charge in [0.05, 0.1) is 4.92 Å². The maximum Gasteiger partial charge on any atom is 0.293 e. The summed E-state index contributed by atoms with van der Waals surface area (Å²) < 4.78 is 0. The number of nitro benzene ring substituents is 1. The van der Waals surface area contributed by atoms with Crippen molar-refractivity contribution < 1.29 is 9.72 Å². The Kier molecular flexibility index (Phi) is 4.39. The highest BCUT2D eigenvalue weighted by Crippen LogP contribution is 2.28. The number of anilines is 1. The Hall–Kier alpha value is -2.60. The third-order valence-corrected chi connectivity index (χ3v) is 3.11. The number of primary amides is 1. The molecule has 0 atom stereocenters. The fraction of sp³-hybridized carbons (Fsp3) is 0.0714. The second kappa shape index (κ2) is 6.23. The second-order valence-corrected chi connectivity index (χ2v) is 4.77. The van der Waals surface area contributed by atoms with Gasteiger partial charge in [-0.05, 0) is 29.8 Å². The van der Waals surface area contributed by atoms with E-state index in [-0.39, 0.29) is 5.69 Å². The highest BCUT2D eigenvalue weighted by atomic mass is 35.5. The number of nitrogens with two attached hydrogens (primary N) is 1. The van der Waals surface area contributed by atoms with Gasteiger partial charge in [-0.3, -0.25) is 14.9 Å². The SMILES string of the molecule is NC(=O)c1ccc(CNc2ccc(Cl)cc2[N+](=O)[O-])cc1. The molecule has 2 rings (SSSR count). The summed E-state index contributed by atoms with van der Waals surface area (Å²) in [4.78, 5) is 21.4. The Balaban J connectivity index is 2.13. The molecule has 0 fully saturated rings. The minimum absolute atomic E-state index is 0.0868. The predicted octanol–water partition coefficient (Wildman–Crippen LogP) is 2.96. The summed E-state index contributed by atoms with van der Waals surface area (Å²) in [6, 6.07) is 11.1. The average molecular weight is 306 g/mol. The van der Waals surface area contributed by atoms with E-state index in [9.17, 15) is 14.9 Å². The zero-order valence-corrected chi connectivity index (χ0v) is 11.6. The standard InChI is InChI=1S/C14H12ClN3O3/c15-11-5-6-12(13(7-11)18(20)21)17-8-9-1-3-10(4-2-9)14(16)19/h1-7,17H,8H2,(H2,16,19). The number of carbonyl (C=O) groups is 1. The average Bonchev–Trinajstić information content (AvgIpc) is 2.46. The first-order chi connectivity index (χ1) is 9.97. The van der Waals surface area contributed by atoms with Gasteiger partial charge in [0, 0.05) is 23.2 Å². The van der Waals surface area contributed by atoms with Crippen LogP contribution in [0.15, 0.2) is 42.5 Å². The van der Waals surface area contributed by atoms with E-state index in [4.69, 9.17) is 17.3 Å². The van der Waals surface area contributed by atoms with E-state index in [1.807, 2.05) is 0 Å². The third-order valence-electron chi connectivity index (χ3n) is 2.88. The molecule has 108 valence electrons. The van der Waals surface area contributed by atoms with E-state index in [1.165, 1.54) is 6.07 Å². The summed E-state index contributed by atoms with van der Waals surface area (Å²) in [5.41, 5.74) is 6.72. The van der Waals surface area contributed by atoms with Gasteiger partial charge >= 0.3 is 0 Å². The second-order valence-electron chi connectivity index (χ2n) is 4.33. The van der Waals surface area contributed by atoms with Crippen LogP contribution in [-0.2, 0) is 6.54 Å². The molecule has 0 unspecified atom stereocenters. The highest BCUT2D eigenvalue weighted by Gasteiger charge is 2.13. The van der Waals surface area contributed by atoms with E-state index in [0.29, 0.717) is 22.8 Å². The van der Waals surface area contributed by atoms with Crippen molar-refractivity contribution in [3.8, 4) is 0 Å². The number of carbonyl (C=O) groups excluding carboxylic acids is 1. The molecule has 6 nitrogen and oxygen atoms in total. The van der Waals surface area contributed by atoms with Gasteiger partial charge in [-0.25, -0.2) is 0 Å². The molecule has 2 aromatic carbocycles. The summed E-state index contributed by atoms with van der Waals surface area (Å²) in [5.74, 6) is -0.497. The van der Waals surface area contributed by atoms with Crippen LogP contribution in [0.5, 0.6) is 0 Å². The van der Waals surface area contributed by atoms with Crippen LogP contribution in [-0.4, -0.2) is 10.8 Å². The van der Waals surface area contributed by atoms with Crippen LogP contribution in [0.2, 0.25) is 5.02 Å². The van der Waals surface area contributed by atoms with Crippen LogP contribution in [0.25, 0.3) is 0 Å². The van der Waals surface area contributed by atoms with Crippen molar-refractivity contribution in [3.63, 3.8) is 0 Å².